The number of nitrogens with zero attached hydrogens (tertiary/aromatic N) is 4. The molecule has 7 atom stereocenters. The average Bonchev–Trinajstić information content (AvgIpc) is 4.17. The van der Waals surface area contributed by atoms with E-state index in [0.29, 0.717) is 36.3 Å². The third-order valence-corrected chi connectivity index (χ3v) is 12.8. The Morgan fingerprint density at radius 2 is 1.26 bits per heavy atom. The van der Waals surface area contributed by atoms with Gasteiger partial charge in [0.15, 0.2) is 0 Å². The van der Waals surface area contributed by atoms with E-state index in [9.17, 15) is 24.0 Å². The van der Waals surface area contributed by atoms with Gasteiger partial charge in [-0.1, -0.05) is 135 Å². The van der Waals surface area contributed by atoms with Gasteiger partial charge in [0.2, 0.25) is 17.7 Å². The molecule has 1 saturated heterocycles. The lowest BCUT2D eigenvalue weighted by Crippen LogP contribution is -2.52. The van der Waals surface area contributed by atoms with Gasteiger partial charge in [-0.2, -0.15) is 0 Å². The second-order valence-corrected chi connectivity index (χ2v) is 17.6. The van der Waals surface area contributed by atoms with E-state index in [1.165, 1.54) is 15.8 Å². The lowest BCUT2D eigenvalue weighted by atomic mass is 9.94. The molecule has 6 amide bonds. The van der Waals surface area contributed by atoms with Gasteiger partial charge < -0.3 is 31.5 Å². The molecule has 0 bridgehead atoms. The van der Waals surface area contributed by atoms with E-state index in [-0.39, 0.29) is 67.2 Å². The highest BCUT2D eigenvalue weighted by Gasteiger charge is 2.49. The zero-order valence-corrected chi connectivity index (χ0v) is 36.9. The third-order valence-electron chi connectivity index (χ3n) is 12.8. The van der Waals surface area contributed by atoms with Gasteiger partial charge in [-0.3, -0.25) is 19.2 Å². The van der Waals surface area contributed by atoms with Crippen molar-refractivity contribution in [3.05, 3.63) is 144 Å². The summed E-state index contributed by atoms with van der Waals surface area (Å²) in [5.74, 6) is -1.92. The first-order chi connectivity index (χ1) is 31.7. The number of rotatable bonds is 20. The summed E-state index contributed by atoms with van der Waals surface area (Å²) in [4.78, 5) is 69.8. The molecule has 2 aliphatic carbocycles. The third kappa shape index (κ3) is 11.9. The van der Waals surface area contributed by atoms with Crippen LogP contribution in [0.4, 0.5) is 4.79 Å². The molecule has 0 unspecified atom stereocenters. The number of carbonyl (C=O) groups excluding carboxylic acids is 5. The quantitative estimate of drug-likeness (QED) is 0.0634. The molecule has 2 heterocycles. The van der Waals surface area contributed by atoms with Gasteiger partial charge in [0.1, 0.15) is 11.7 Å². The van der Waals surface area contributed by atoms with Gasteiger partial charge in [-0.05, 0) is 54.5 Å². The molecule has 5 N–H and O–H groups in total. The second kappa shape index (κ2) is 21.2. The maximum Gasteiger partial charge on any atom is 0.315 e. The predicted octanol–water partition coefficient (Wildman–Crippen LogP) is 5.58. The lowest BCUT2D eigenvalue weighted by molar-refractivity contribution is -0.133. The van der Waals surface area contributed by atoms with Crippen molar-refractivity contribution >= 4 is 29.7 Å². The first kappa shape index (κ1) is 44.8. The van der Waals surface area contributed by atoms with Crippen molar-refractivity contribution < 1.29 is 24.0 Å². The minimum absolute atomic E-state index is 0.0101. The lowest BCUT2D eigenvalue weighted by Gasteiger charge is -2.19. The van der Waals surface area contributed by atoms with Crippen LogP contribution < -0.4 is 26.6 Å². The SMILES string of the molecule is CCCCCCNC(=O)[C@H](Cn1cc(-c2ccc(C(=O)N3C[C@@H](C(=O)N[C@H]4C[C@@H]4c4ccccc4)[C@H](C(=O)N[C@H]4C[C@@H]4c4ccccc4)C3)cc2)nn1)NC(=O)NCCc1ccccc1. The highest BCUT2D eigenvalue weighted by molar-refractivity contribution is 5.97. The first-order valence-electron chi connectivity index (χ1n) is 23.1. The van der Waals surface area contributed by atoms with E-state index in [4.69, 9.17) is 0 Å². The van der Waals surface area contributed by atoms with Crippen LogP contribution in [-0.4, -0.2) is 93.9 Å². The molecule has 2 saturated carbocycles. The number of urea groups is 1. The summed E-state index contributed by atoms with van der Waals surface area (Å²) in [5, 5.41) is 23.6. The van der Waals surface area contributed by atoms with Gasteiger partial charge in [-0.25, -0.2) is 9.48 Å². The Kier molecular flexibility index (Phi) is 14.6. The van der Waals surface area contributed by atoms with Crippen molar-refractivity contribution in [2.75, 3.05) is 26.2 Å². The molecule has 65 heavy (non-hydrogen) atoms. The number of aromatic nitrogens is 3. The maximum absolute atomic E-state index is 14.1. The number of amides is 6. The molecule has 338 valence electrons. The fraction of sp³-hybridized carbons (Fsp3) is 0.392. The molecule has 0 radical (unpaired) electrons. The van der Waals surface area contributed by atoms with Crippen LogP contribution in [0, 0.1) is 11.8 Å². The van der Waals surface area contributed by atoms with Crippen LogP contribution in [-0.2, 0) is 27.3 Å². The molecule has 14 heteroatoms. The number of carbonyl (C=O) groups is 5. The summed E-state index contributed by atoms with van der Waals surface area (Å²) in [6, 6.07) is 35.6. The Bertz CT molecular complexity index is 2320. The number of hydrogen-bond acceptors (Lipinski definition) is 7. The normalized spacial score (nSPS) is 21.2. The number of unbranched alkanes of at least 4 members (excludes halogenated alkanes) is 3. The molecule has 1 aromatic heterocycles. The van der Waals surface area contributed by atoms with Crippen LogP contribution in [0.25, 0.3) is 11.3 Å². The summed E-state index contributed by atoms with van der Waals surface area (Å²) >= 11 is 0. The fourth-order valence-electron chi connectivity index (χ4n) is 8.85. The van der Waals surface area contributed by atoms with E-state index >= 15 is 0 Å². The minimum atomic E-state index is -0.908. The molecular weight excluding hydrogens is 819 g/mol. The van der Waals surface area contributed by atoms with Gasteiger partial charge in [0.05, 0.1) is 24.6 Å². The Morgan fingerprint density at radius 3 is 1.85 bits per heavy atom. The van der Waals surface area contributed by atoms with Crippen molar-refractivity contribution in [2.45, 2.75) is 88.4 Å². The summed E-state index contributed by atoms with van der Waals surface area (Å²) in [5.41, 5.74) is 5.08. The van der Waals surface area contributed by atoms with E-state index in [1.54, 1.807) is 35.4 Å². The Morgan fingerprint density at radius 1 is 0.677 bits per heavy atom. The molecule has 4 aromatic carbocycles. The van der Waals surface area contributed by atoms with Gasteiger partial charge in [-0.15, -0.1) is 5.10 Å². The van der Waals surface area contributed by atoms with Crippen LogP contribution in [0.5, 0.6) is 0 Å². The van der Waals surface area contributed by atoms with E-state index in [2.05, 4.69) is 68.1 Å². The molecule has 3 fully saturated rings. The summed E-state index contributed by atoms with van der Waals surface area (Å²) in [6.45, 7) is 3.34. The fourth-order valence-corrected chi connectivity index (χ4v) is 8.85. The molecule has 1 aliphatic heterocycles. The maximum atomic E-state index is 14.1. The van der Waals surface area contributed by atoms with Gasteiger partial charge in [0.25, 0.3) is 5.91 Å². The average molecular weight is 878 g/mol. The standard InChI is InChI=1S/C51H59N9O5/c1-2-3-4-14-26-52-49(63)46(56-51(65)53-27-25-34-15-8-5-9-16-34)33-60-32-45(57-58-60)37-21-23-38(24-22-37)50(64)59-30-41(47(61)54-43-28-39(43)35-17-10-6-11-18-35)42(31-59)48(62)55-44-29-40(44)36-19-12-7-13-20-36/h5-13,15-24,32,39-44,46H,2-4,14,25-31,33H2,1H3,(H,52,63)(H,54,61)(H,55,62)(H2,53,56,65)/t39-,40-,41-,42-,43+,44+,46+/m1/s1. The zero-order chi connectivity index (χ0) is 45.1. The molecule has 14 nitrogen and oxygen atoms in total. The number of benzene rings is 4. The summed E-state index contributed by atoms with van der Waals surface area (Å²) < 4.78 is 1.52. The van der Waals surface area contributed by atoms with Crippen LogP contribution in [0.1, 0.15) is 84.3 Å². The zero-order valence-electron chi connectivity index (χ0n) is 36.9. The van der Waals surface area contributed by atoms with Crippen molar-refractivity contribution in [3.8, 4) is 11.3 Å². The van der Waals surface area contributed by atoms with Crippen LogP contribution in [0.15, 0.2) is 121 Å². The Hall–Kier alpha value is -6.83. The van der Waals surface area contributed by atoms with Crippen molar-refractivity contribution in [1.82, 2.24) is 46.5 Å². The summed E-state index contributed by atoms with van der Waals surface area (Å²) in [6.07, 6.45) is 8.04. The second-order valence-electron chi connectivity index (χ2n) is 17.6. The number of nitrogens with one attached hydrogen (secondary N) is 5. The molecule has 8 rings (SSSR count). The minimum Gasteiger partial charge on any atom is -0.354 e. The molecular formula is C51H59N9O5. The number of likely N-dealkylation sites (tertiary alicyclic amines) is 1. The van der Waals surface area contributed by atoms with E-state index in [0.717, 1.165) is 44.1 Å². The highest BCUT2D eigenvalue weighted by atomic mass is 16.2. The number of hydrogen-bond donors (Lipinski definition) is 5. The van der Waals surface area contributed by atoms with Crippen LogP contribution in [0.3, 0.4) is 0 Å². The van der Waals surface area contributed by atoms with Crippen LogP contribution >= 0.6 is 0 Å². The topological polar surface area (TPSA) is 179 Å². The summed E-state index contributed by atoms with van der Waals surface area (Å²) in [7, 11) is 0. The highest BCUT2D eigenvalue weighted by Crippen LogP contribution is 2.42. The van der Waals surface area contributed by atoms with Gasteiger partial charge in [0, 0.05) is 61.2 Å². The van der Waals surface area contributed by atoms with Crippen molar-refractivity contribution in [3.63, 3.8) is 0 Å². The Labute approximate surface area is 380 Å². The first-order valence-corrected chi connectivity index (χ1v) is 23.1. The van der Waals surface area contributed by atoms with Gasteiger partial charge >= 0.3 is 6.03 Å². The van der Waals surface area contributed by atoms with E-state index < -0.39 is 23.9 Å². The van der Waals surface area contributed by atoms with E-state index in [1.807, 2.05) is 66.7 Å². The molecule has 3 aliphatic rings. The smallest absolute Gasteiger partial charge is 0.315 e. The van der Waals surface area contributed by atoms with Crippen molar-refractivity contribution in [2.24, 2.45) is 11.8 Å². The van der Waals surface area contributed by atoms with Crippen LogP contribution in [0.2, 0.25) is 0 Å². The van der Waals surface area contributed by atoms with Crippen molar-refractivity contribution in [1.29, 1.82) is 0 Å². The monoisotopic (exact) mass is 877 g/mol. The Balaban J connectivity index is 0.898. The predicted molar refractivity (Wildman–Crippen MR) is 247 cm³/mol. The molecule has 5 aromatic rings. The largest absolute Gasteiger partial charge is 0.354 e. The molecule has 0 spiro atoms.